The van der Waals surface area contributed by atoms with Crippen LogP contribution in [0.3, 0.4) is 0 Å². The Kier molecular flexibility index (Phi) is 2.05. The number of halogens is 2. The molecular formula is C10H10ClFO. The SMILES string of the molecule is O[C@@]1(F)CCCc2cc(Cl)ccc21. The molecule has 0 amide bonds. The lowest BCUT2D eigenvalue weighted by atomic mass is 9.88. The minimum atomic E-state index is -2.15. The van der Waals surface area contributed by atoms with E-state index in [1.165, 1.54) is 0 Å². The minimum absolute atomic E-state index is 0.182. The molecule has 1 atom stereocenters. The summed E-state index contributed by atoms with van der Waals surface area (Å²) in [6.07, 6.45) is 1.64. The van der Waals surface area contributed by atoms with Crippen LogP contribution in [0.1, 0.15) is 24.0 Å². The van der Waals surface area contributed by atoms with Gasteiger partial charge in [0.1, 0.15) is 0 Å². The van der Waals surface area contributed by atoms with Crippen LogP contribution >= 0.6 is 11.6 Å². The summed E-state index contributed by atoms with van der Waals surface area (Å²) in [6, 6.07) is 4.90. The van der Waals surface area contributed by atoms with Crippen molar-refractivity contribution >= 4 is 11.6 Å². The third-order valence-electron chi connectivity index (χ3n) is 2.43. The van der Waals surface area contributed by atoms with Gasteiger partial charge in [0.15, 0.2) is 0 Å². The number of hydrogen-bond donors (Lipinski definition) is 1. The van der Waals surface area contributed by atoms with Gasteiger partial charge in [-0.3, -0.25) is 0 Å². The van der Waals surface area contributed by atoms with E-state index in [1.54, 1.807) is 18.2 Å². The van der Waals surface area contributed by atoms with Crippen molar-refractivity contribution in [2.75, 3.05) is 0 Å². The first-order valence-corrected chi connectivity index (χ1v) is 4.67. The normalized spacial score (nSPS) is 27.0. The molecule has 13 heavy (non-hydrogen) atoms. The van der Waals surface area contributed by atoms with Gasteiger partial charge in [0.2, 0.25) is 5.85 Å². The van der Waals surface area contributed by atoms with E-state index in [4.69, 9.17) is 11.6 Å². The first kappa shape index (κ1) is 8.97. The molecular weight excluding hydrogens is 191 g/mol. The van der Waals surface area contributed by atoms with Gasteiger partial charge in [0.05, 0.1) is 0 Å². The molecule has 1 aromatic rings. The van der Waals surface area contributed by atoms with Gasteiger partial charge in [-0.25, -0.2) is 4.39 Å². The molecule has 1 aliphatic rings. The van der Waals surface area contributed by atoms with Gasteiger partial charge in [-0.15, -0.1) is 0 Å². The van der Waals surface area contributed by atoms with Crippen LogP contribution in [-0.4, -0.2) is 5.11 Å². The van der Waals surface area contributed by atoms with Gasteiger partial charge in [-0.05, 0) is 30.5 Å². The molecule has 0 saturated heterocycles. The summed E-state index contributed by atoms with van der Waals surface area (Å²) in [5.74, 6) is -2.15. The molecule has 0 spiro atoms. The van der Waals surface area contributed by atoms with Crippen molar-refractivity contribution in [1.29, 1.82) is 0 Å². The first-order valence-electron chi connectivity index (χ1n) is 4.30. The molecule has 0 aliphatic heterocycles. The molecule has 1 aliphatic carbocycles. The Morgan fingerprint density at radius 1 is 1.46 bits per heavy atom. The zero-order valence-corrected chi connectivity index (χ0v) is 7.81. The Hall–Kier alpha value is -0.600. The molecule has 0 radical (unpaired) electrons. The first-order chi connectivity index (χ1) is 6.09. The second-order valence-corrected chi connectivity index (χ2v) is 3.85. The number of aryl methyl sites for hydroxylation is 1. The van der Waals surface area contributed by atoms with Crippen LogP contribution in [0.15, 0.2) is 18.2 Å². The van der Waals surface area contributed by atoms with Crippen LogP contribution in [0.2, 0.25) is 5.02 Å². The quantitative estimate of drug-likeness (QED) is 0.683. The van der Waals surface area contributed by atoms with Crippen molar-refractivity contribution in [3.63, 3.8) is 0 Å². The van der Waals surface area contributed by atoms with E-state index in [2.05, 4.69) is 0 Å². The molecule has 1 nitrogen and oxygen atoms in total. The summed E-state index contributed by atoms with van der Waals surface area (Å²) >= 11 is 5.77. The number of fused-ring (bicyclic) bond motifs is 1. The number of alkyl halides is 1. The fourth-order valence-corrected chi connectivity index (χ4v) is 1.99. The molecule has 0 saturated carbocycles. The van der Waals surface area contributed by atoms with Crippen LogP contribution in [-0.2, 0) is 12.3 Å². The summed E-state index contributed by atoms with van der Waals surface area (Å²) in [7, 11) is 0. The summed E-state index contributed by atoms with van der Waals surface area (Å²) in [5, 5.41) is 10.0. The smallest absolute Gasteiger partial charge is 0.233 e. The van der Waals surface area contributed by atoms with Gasteiger partial charge in [0, 0.05) is 17.0 Å². The van der Waals surface area contributed by atoms with E-state index >= 15 is 0 Å². The Balaban J connectivity index is 2.53. The molecule has 2 rings (SSSR count). The highest BCUT2D eigenvalue weighted by Crippen LogP contribution is 2.37. The van der Waals surface area contributed by atoms with E-state index in [-0.39, 0.29) is 6.42 Å². The van der Waals surface area contributed by atoms with Crippen LogP contribution in [0, 0.1) is 0 Å². The Labute approximate surface area is 81.1 Å². The lowest BCUT2D eigenvalue weighted by Crippen LogP contribution is -2.25. The van der Waals surface area contributed by atoms with Crippen molar-refractivity contribution in [2.45, 2.75) is 25.1 Å². The van der Waals surface area contributed by atoms with Crippen LogP contribution < -0.4 is 0 Å². The molecule has 1 aromatic carbocycles. The fourth-order valence-electron chi connectivity index (χ4n) is 1.79. The highest BCUT2D eigenvalue weighted by atomic mass is 35.5. The van der Waals surface area contributed by atoms with Gasteiger partial charge in [-0.2, -0.15) is 0 Å². The lowest BCUT2D eigenvalue weighted by Gasteiger charge is -2.27. The maximum absolute atomic E-state index is 13.5. The van der Waals surface area contributed by atoms with Crippen molar-refractivity contribution in [3.05, 3.63) is 34.3 Å². The summed E-state index contributed by atoms with van der Waals surface area (Å²) in [4.78, 5) is 0. The van der Waals surface area contributed by atoms with Gasteiger partial charge >= 0.3 is 0 Å². The second-order valence-electron chi connectivity index (χ2n) is 3.41. The van der Waals surface area contributed by atoms with Crippen LogP contribution in [0.4, 0.5) is 4.39 Å². The molecule has 70 valence electrons. The number of hydrogen-bond acceptors (Lipinski definition) is 1. The van der Waals surface area contributed by atoms with Crippen molar-refractivity contribution < 1.29 is 9.50 Å². The van der Waals surface area contributed by atoms with Crippen molar-refractivity contribution in [3.8, 4) is 0 Å². The Bertz CT molecular complexity index is 336. The van der Waals surface area contributed by atoms with Gasteiger partial charge in [-0.1, -0.05) is 17.7 Å². The number of benzene rings is 1. The fraction of sp³-hybridized carbons (Fsp3) is 0.400. The highest BCUT2D eigenvalue weighted by Gasteiger charge is 2.33. The second kappa shape index (κ2) is 2.96. The van der Waals surface area contributed by atoms with Crippen molar-refractivity contribution in [1.82, 2.24) is 0 Å². The molecule has 0 bridgehead atoms. The average Bonchev–Trinajstić information content (AvgIpc) is 2.02. The Morgan fingerprint density at radius 2 is 2.23 bits per heavy atom. The maximum Gasteiger partial charge on any atom is 0.233 e. The molecule has 0 aromatic heterocycles. The largest absolute Gasteiger partial charge is 0.358 e. The number of rotatable bonds is 0. The summed E-state index contributed by atoms with van der Waals surface area (Å²) in [5.41, 5.74) is 1.20. The van der Waals surface area contributed by atoms with Crippen LogP contribution in [0.25, 0.3) is 0 Å². The topological polar surface area (TPSA) is 20.2 Å². The predicted octanol–water partition coefficient (Wildman–Crippen LogP) is 2.79. The lowest BCUT2D eigenvalue weighted by molar-refractivity contribution is -0.108. The summed E-state index contributed by atoms with van der Waals surface area (Å²) < 4.78 is 13.5. The van der Waals surface area contributed by atoms with Gasteiger partial charge in [0.25, 0.3) is 0 Å². The standard InChI is InChI=1S/C10H10ClFO/c11-8-3-4-9-7(6-8)2-1-5-10(9,12)13/h3-4,6,13H,1-2,5H2/t10-/m0/s1. The zero-order chi connectivity index (χ0) is 9.47. The highest BCUT2D eigenvalue weighted by molar-refractivity contribution is 6.30. The molecule has 0 unspecified atom stereocenters. The zero-order valence-electron chi connectivity index (χ0n) is 7.06. The number of aliphatic hydroxyl groups is 1. The van der Waals surface area contributed by atoms with Gasteiger partial charge < -0.3 is 5.11 Å². The molecule has 3 heteroatoms. The maximum atomic E-state index is 13.5. The third-order valence-corrected chi connectivity index (χ3v) is 2.67. The molecule has 1 N–H and O–H groups in total. The van der Waals surface area contributed by atoms with Crippen molar-refractivity contribution in [2.24, 2.45) is 0 Å². The predicted molar refractivity (Wildman–Crippen MR) is 49.4 cm³/mol. The van der Waals surface area contributed by atoms with E-state index < -0.39 is 5.85 Å². The molecule has 0 heterocycles. The monoisotopic (exact) mass is 200 g/mol. The minimum Gasteiger partial charge on any atom is -0.358 e. The Morgan fingerprint density at radius 3 is 3.00 bits per heavy atom. The van der Waals surface area contributed by atoms with Crippen LogP contribution in [0.5, 0.6) is 0 Å². The van der Waals surface area contributed by atoms with E-state index in [9.17, 15) is 9.50 Å². The molecule has 0 fully saturated rings. The third kappa shape index (κ3) is 1.56. The van der Waals surface area contributed by atoms with E-state index in [0.717, 1.165) is 12.0 Å². The van der Waals surface area contributed by atoms with E-state index in [1.807, 2.05) is 0 Å². The average molecular weight is 201 g/mol. The summed E-state index contributed by atoms with van der Waals surface area (Å²) in [6.45, 7) is 0. The van der Waals surface area contributed by atoms with E-state index in [0.29, 0.717) is 17.0 Å².